The van der Waals surface area contributed by atoms with Crippen molar-refractivity contribution in [2.75, 3.05) is 12.1 Å². The van der Waals surface area contributed by atoms with Gasteiger partial charge in [-0.1, -0.05) is 23.5 Å². The van der Waals surface area contributed by atoms with Crippen molar-refractivity contribution in [3.63, 3.8) is 0 Å². The Bertz CT molecular complexity index is 1130. The standard InChI is InChI=1S/C21H17N3O2S2/c1-14-5-10-18-19(12-14)28-21(23-18)24(22-13-17-4-3-11-27-17)20(25)15-6-8-16(26-2)9-7-15/h3-13H,1-2H3/b22-13-. The Balaban J connectivity index is 1.74. The van der Waals surface area contributed by atoms with Crippen LogP contribution >= 0.6 is 22.7 Å². The molecular formula is C21H17N3O2S2. The highest BCUT2D eigenvalue weighted by Gasteiger charge is 2.21. The smallest absolute Gasteiger partial charge is 0.280 e. The largest absolute Gasteiger partial charge is 0.497 e. The van der Waals surface area contributed by atoms with Crippen molar-refractivity contribution >= 4 is 50.1 Å². The van der Waals surface area contributed by atoms with E-state index in [1.165, 1.54) is 16.3 Å². The predicted molar refractivity (Wildman–Crippen MR) is 116 cm³/mol. The fraction of sp³-hybridized carbons (Fsp3) is 0.0952. The summed E-state index contributed by atoms with van der Waals surface area (Å²) in [6, 6.07) is 16.9. The van der Waals surface area contributed by atoms with Crippen LogP contribution < -0.4 is 9.75 Å². The summed E-state index contributed by atoms with van der Waals surface area (Å²) in [4.78, 5) is 18.8. The summed E-state index contributed by atoms with van der Waals surface area (Å²) in [5.41, 5.74) is 2.52. The molecule has 0 aliphatic carbocycles. The number of nitrogens with zero attached hydrogens (tertiary/aromatic N) is 3. The molecule has 4 rings (SSSR count). The average molecular weight is 408 g/mol. The van der Waals surface area contributed by atoms with Crippen molar-refractivity contribution in [3.8, 4) is 5.75 Å². The van der Waals surface area contributed by atoms with Crippen LogP contribution in [0.4, 0.5) is 5.13 Å². The number of aromatic nitrogens is 1. The second kappa shape index (κ2) is 7.92. The zero-order valence-corrected chi connectivity index (χ0v) is 17.0. The number of rotatable bonds is 5. The Hall–Kier alpha value is -3.03. The molecule has 0 atom stereocenters. The van der Waals surface area contributed by atoms with Gasteiger partial charge in [-0.15, -0.1) is 11.3 Å². The molecule has 1 amide bonds. The summed E-state index contributed by atoms with van der Waals surface area (Å²) in [6.45, 7) is 2.04. The van der Waals surface area contributed by atoms with Crippen LogP contribution in [0.3, 0.4) is 0 Å². The number of hydrazone groups is 1. The minimum Gasteiger partial charge on any atom is -0.497 e. The Labute approximate surface area is 170 Å². The first kappa shape index (κ1) is 18.3. The lowest BCUT2D eigenvalue weighted by molar-refractivity contribution is 0.0988. The van der Waals surface area contributed by atoms with Crippen molar-refractivity contribution < 1.29 is 9.53 Å². The third-order valence-electron chi connectivity index (χ3n) is 4.09. The quantitative estimate of drug-likeness (QED) is 0.331. The summed E-state index contributed by atoms with van der Waals surface area (Å²) in [5.74, 6) is 0.451. The molecule has 0 aliphatic rings. The summed E-state index contributed by atoms with van der Waals surface area (Å²) in [5, 5.41) is 8.33. The van der Waals surface area contributed by atoms with E-state index in [1.807, 2.05) is 36.6 Å². The molecule has 140 valence electrons. The first-order valence-corrected chi connectivity index (χ1v) is 10.3. The number of benzene rings is 2. The van der Waals surface area contributed by atoms with Gasteiger partial charge < -0.3 is 4.74 Å². The maximum absolute atomic E-state index is 13.2. The van der Waals surface area contributed by atoms with Crippen LogP contribution in [0.1, 0.15) is 20.8 Å². The number of anilines is 1. The zero-order valence-electron chi connectivity index (χ0n) is 15.3. The number of amides is 1. The van der Waals surface area contributed by atoms with E-state index in [0.29, 0.717) is 16.4 Å². The summed E-state index contributed by atoms with van der Waals surface area (Å²) >= 11 is 3.01. The van der Waals surface area contributed by atoms with Crippen LogP contribution in [0.5, 0.6) is 5.75 Å². The van der Waals surface area contributed by atoms with Gasteiger partial charge in [-0.25, -0.2) is 4.98 Å². The van der Waals surface area contributed by atoms with Gasteiger partial charge in [0.25, 0.3) is 5.91 Å². The second-order valence-corrected chi connectivity index (χ2v) is 8.06. The van der Waals surface area contributed by atoms with Gasteiger partial charge in [0.05, 0.1) is 23.5 Å². The maximum atomic E-state index is 13.2. The number of carbonyl (C=O) groups excluding carboxylic acids is 1. The van der Waals surface area contributed by atoms with Gasteiger partial charge in [-0.2, -0.15) is 10.1 Å². The third-order valence-corrected chi connectivity index (χ3v) is 5.89. The van der Waals surface area contributed by atoms with Crippen LogP contribution in [-0.4, -0.2) is 24.2 Å². The highest BCUT2D eigenvalue weighted by Crippen LogP contribution is 2.31. The molecule has 5 nitrogen and oxygen atoms in total. The first-order valence-electron chi connectivity index (χ1n) is 8.57. The van der Waals surface area contributed by atoms with Crippen LogP contribution in [0.2, 0.25) is 0 Å². The van der Waals surface area contributed by atoms with Crippen molar-refractivity contribution in [3.05, 3.63) is 76.0 Å². The molecule has 0 saturated carbocycles. The average Bonchev–Trinajstić information content (AvgIpc) is 3.37. The molecule has 0 fully saturated rings. The maximum Gasteiger partial charge on any atom is 0.280 e. The lowest BCUT2D eigenvalue weighted by Crippen LogP contribution is -2.25. The van der Waals surface area contributed by atoms with E-state index in [0.717, 1.165) is 20.7 Å². The van der Waals surface area contributed by atoms with E-state index >= 15 is 0 Å². The van der Waals surface area contributed by atoms with Crippen molar-refractivity contribution in [1.29, 1.82) is 0 Å². The lowest BCUT2D eigenvalue weighted by atomic mass is 10.2. The molecular weight excluding hydrogens is 390 g/mol. The number of hydrogen-bond donors (Lipinski definition) is 0. The van der Waals surface area contributed by atoms with Gasteiger partial charge in [-0.3, -0.25) is 4.79 Å². The fourth-order valence-electron chi connectivity index (χ4n) is 2.63. The van der Waals surface area contributed by atoms with Gasteiger partial charge in [0.15, 0.2) is 0 Å². The number of aryl methyl sites for hydroxylation is 1. The van der Waals surface area contributed by atoms with Crippen molar-refractivity contribution in [2.45, 2.75) is 6.92 Å². The van der Waals surface area contributed by atoms with Gasteiger partial charge in [0, 0.05) is 10.4 Å². The van der Waals surface area contributed by atoms with Gasteiger partial charge in [0.1, 0.15) is 5.75 Å². The molecule has 0 saturated heterocycles. The molecule has 0 bridgehead atoms. The predicted octanol–water partition coefficient (Wildman–Crippen LogP) is 5.36. The van der Waals surface area contributed by atoms with Crippen molar-refractivity contribution in [2.24, 2.45) is 5.10 Å². The van der Waals surface area contributed by atoms with Gasteiger partial charge >= 0.3 is 0 Å². The highest BCUT2D eigenvalue weighted by atomic mass is 32.1. The molecule has 2 aromatic carbocycles. The Morgan fingerprint density at radius 2 is 2.00 bits per heavy atom. The number of thiophene rings is 1. The number of carbonyl (C=O) groups is 1. The number of hydrogen-bond acceptors (Lipinski definition) is 6. The summed E-state index contributed by atoms with van der Waals surface area (Å²) < 4.78 is 6.20. The number of fused-ring (bicyclic) bond motifs is 1. The lowest BCUT2D eigenvalue weighted by Gasteiger charge is -2.14. The van der Waals surface area contributed by atoms with E-state index < -0.39 is 0 Å². The Morgan fingerprint density at radius 1 is 1.18 bits per heavy atom. The highest BCUT2D eigenvalue weighted by molar-refractivity contribution is 7.22. The molecule has 7 heteroatoms. The number of ether oxygens (including phenoxy) is 1. The van der Waals surface area contributed by atoms with E-state index in [-0.39, 0.29) is 5.91 Å². The molecule has 2 heterocycles. The number of thiazole rings is 1. The Morgan fingerprint density at radius 3 is 2.71 bits per heavy atom. The zero-order chi connectivity index (χ0) is 19.5. The molecule has 2 aromatic heterocycles. The van der Waals surface area contributed by atoms with E-state index in [1.54, 1.807) is 48.9 Å². The number of methoxy groups -OCH3 is 1. The van der Waals surface area contributed by atoms with E-state index in [2.05, 4.69) is 16.2 Å². The molecule has 0 aliphatic heterocycles. The monoisotopic (exact) mass is 407 g/mol. The van der Waals surface area contributed by atoms with E-state index in [4.69, 9.17) is 4.74 Å². The van der Waals surface area contributed by atoms with Gasteiger partial charge in [-0.05, 0) is 60.3 Å². The van der Waals surface area contributed by atoms with Crippen LogP contribution in [0.15, 0.2) is 65.1 Å². The first-order chi connectivity index (χ1) is 13.6. The van der Waals surface area contributed by atoms with Crippen molar-refractivity contribution in [1.82, 2.24) is 4.98 Å². The molecule has 0 spiro atoms. The third kappa shape index (κ3) is 3.81. The van der Waals surface area contributed by atoms with Gasteiger partial charge in [0.2, 0.25) is 5.13 Å². The summed E-state index contributed by atoms with van der Waals surface area (Å²) in [7, 11) is 1.59. The fourth-order valence-corrected chi connectivity index (χ4v) is 4.23. The van der Waals surface area contributed by atoms with E-state index in [9.17, 15) is 4.79 Å². The minimum atomic E-state index is -0.244. The van der Waals surface area contributed by atoms with Crippen LogP contribution in [-0.2, 0) is 0 Å². The molecule has 0 radical (unpaired) electrons. The van der Waals surface area contributed by atoms with Crippen LogP contribution in [0.25, 0.3) is 10.2 Å². The Kier molecular flexibility index (Phi) is 5.18. The minimum absolute atomic E-state index is 0.244. The normalized spacial score (nSPS) is 11.2. The molecule has 28 heavy (non-hydrogen) atoms. The molecule has 0 unspecified atom stereocenters. The summed E-state index contributed by atoms with van der Waals surface area (Å²) in [6.07, 6.45) is 1.68. The van der Waals surface area contributed by atoms with Crippen LogP contribution in [0, 0.1) is 6.92 Å². The second-order valence-electron chi connectivity index (χ2n) is 6.07. The SMILES string of the molecule is COc1ccc(C(=O)N(/N=C\c2cccs2)c2nc3ccc(C)cc3s2)cc1. The topological polar surface area (TPSA) is 54.8 Å². The molecule has 0 N–H and O–H groups in total. The molecule has 4 aromatic rings.